The van der Waals surface area contributed by atoms with Crippen LogP contribution in [0.2, 0.25) is 0 Å². The minimum Gasteiger partial charge on any atom is -0.381 e. The minimum absolute atomic E-state index is 0.0122. The highest BCUT2D eigenvalue weighted by molar-refractivity contribution is 4.52. The number of rotatable bonds is 29. The van der Waals surface area contributed by atoms with Crippen molar-refractivity contribution in [2.45, 2.75) is 142 Å². The van der Waals surface area contributed by atoms with Crippen molar-refractivity contribution in [1.29, 1.82) is 0 Å². The maximum absolute atomic E-state index is 6.13. The Labute approximate surface area is 206 Å². The average molecular weight is 475 g/mol. The summed E-state index contributed by atoms with van der Waals surface area (Å²) < 4.78 is 18.0. The highest BCUT2D eigenvalue weighted by Crippen LogP contribution is 2.13. The third-order valence-electron chi connectivity index (χ3n) is 5.97. The lowest BCUT2D eigenvalue weighted by Crippen LogP contribution is -2.19. The summed E-state index contributed by atoms with van der Waals surface area (Å²) in [6.45, 7) is 8.54. The number of hydrogen-bond acceptors (Lipinski definition) is 5. The Morgan fingerprint density at radius 2 is 0.879 bits per heavy atom. The predicted molar refractivity (Wildman–Crippen MR) is 139 cm³/mol. The Balaban J connectivity index is 3.77. The second-order valence-corrected chi connectivity index (χ2v) is 9.22. The summed E-state index contributed by atoms with van der Waals surface area (Å²) in [4.78, 5) is 9.42. The normalized spacial score (nSPS) is 11.6. The van der Waals surface area contributed by atoms with Gasteiger partial charge in [0.2, 0.25) is 0 Å². The van der Waals surface area contributed by atoms with Crippen LogP contribution in [0.5, 0.6) is 0 Å². The van der Waals surface area contributed by atoms with Gasteiger partial charge in [-0.25, -0.2) is 9.78 Å². The van der Waals surface area contributed by atoms with E-state index in [0.717, 1.165) is 65.0 Å². The molecular formula is C28H58O5. The topological polar surface area (TPSA) is 46.2 Å². The van der Waals surface area contributed by atoms with Crippen molar-refractivity contribution < 1.29 is 24.0 Å². The van der Waals surface area contributed by atoms with Crippen molar-refractivity contribution in [2.24, 2.45) is 0 Å². The summed E-state index contributed by atoms with van der Waals surface area (Å²) in [7, 11) is 1.54. The second-order valence-electron chi connectivity index (χ2n) is 9.22. The molecule has 0 spiro atoms. The van der Waals surface area contributed by atoms with Crippen molar-refractivity contribution in [1.82, 2.24) is 0 Å². The standard InChI is InChI=1S/C28H58O5/c1-4-6-8-10-13-18-25-31-28(32-26-19-14-11-9-7-5-2)22-16-12-15-17-23-30-24-20-21-27-33-29-3/h28H,4-27H2,1-3H3. The van der Waals surface area contributed by atoms with E-state index in [1.165, 1.54) is 83.5 Å². The maximum Gasteiger partial charge on any atom is 0.157 e. The molecule has 0 N–H and O–H groups in total. The summed E-state index contributed by atoms with van der Waals surface area (Å²) >= 11 is 0. The van der Waals surface area contributed by atoms with Gasteiger partial charge >= 0.3 is 0 Å². The molecule has 0 aliphatic heterocycles. The van der Waals surface area contributed by atoms with Crippen LogP contribution in [0, 0.1) is 0 Å². The van der Waals surface area contributed by atoms with E-state index in [2.05, 4.69) is 18.7 Å². The molecule has 0 amide bonds. The van der Waals surface area contributed by atoms with Crippen molar-refractivity contribution in [3.8, 4) is 0 Å². The van der Waals surface area contributed by atoms with Crippen LogP contribution in [-0.2, 0) is 24.0 Å². The summed E-state index contributed by atoms with van der Waals surface area (Å²) in [5, 5.41) is 0. The molecule has 0 saturated carbocycles. The van der Waals surface area contributed by atoms with Gasteiger partial charge in [-0.2, -0.15) is 0 Å². The summed E-state index contributed by atoms with van der Waals surface area (Å²) in [6, 6.07) is 0. The first-order valence-electron chi connectivity index (χ1n) is 14.3. The summed E-state index contributed by atoms with van der Waals surface area (Å²) in [5.41, 5.74) is 0. The number of ether oxygens (including phenoxy) is 3. The van der Waals surface area contributed by atoms with E-state index in [4.69, 9.17) is 19.1 Å². The van der Waals surface area contributed by atoms with Gasteiger partial charge in [0.15, 0.2) is 6.29 Å². The molecule has 0 unspecified atom stereocenters. The fourth-order valence-corrected chi connectivity index (χ4v) is 3.83. The Morgan fingerprint density at radius 3 is 1.42 bits per heavy atom. The molecule has 0 saturated heterocycles. The first-order valence-corrected chi connectivity index (χ1v) is 14.3. The fraction of sp³-hybridized carbons (Fsp3) is 1.00. The molecule has 0 fully saturated rings. The van der Waals surface area contributed by atoms with Crippen LogP contribution in [-0.4, -0.2) is 46.4 Å². The van der Waals surface area contributed by atoms with Crippen LogP contribution in [0.15, 0.2) is 0 Å². The van der Waals surface area contributed by atoms with Crippen LogP contribution in [0.3, 0.4) is 0 Å². The molecule has 0 atom stereocenters. The van der Waals surface area contributed by atoms with Gasteiger partial charge in [-0.05, 0) is 44.9 Å². The van der Waals surface area contributed by atoms with Gasteiger partial charge in [0.1, 0.15) is 0 Å². The molecule has 0 aliphatic carbocycles. The lowest BCUT2D eigenvalue weighted by Gasteiger charge is -2.19. The van der Waals surface area contributed by atoms with Crippen molar-refractivity contribution in [2.75, 3.05) is 40.1 Å². The van der Waals surface area contributed by atoms with Crippen LogP contribution < -0.4 is 0 Å². The zero-order valence-corrected chi connectivity index (χ0v) is 22.6. The Morgan fingerprint density at radius 1 is 0.455 bits per heavy atom. The Hall–Kier alpha value is -0.200. The van der Waals surface area contributed by atoms with Gasteiger partial charge < -0.3 is 14.2 Å². The van der Waals surface area contributed by atoms with E-state index < -0.39 is 0 Å². The molecule has 0 bridgehead atoms. The van der Waals surface area contributed by atoms with E-state index in [1.807, 2.05) is 0 Å². The molecule has 0 aliphatic rings. The fourth-order valence-electron chi connectivity index (χ4n) is 3.83. The minimum atomic E-state index is -0.0122. The quantitative estimate of drug-likeness (QED) is 0.0471. The lowest BCUT2D eigenvalue weighted by molar-refractivity contribution is -0.272. The summed E-state index contributed by atoms with van der Waals surface area (Å²) in [6.07, 6.45) is 23.4. The number of hydrogen-bond donors (Lipinski definition) is 0. The van der Waals surface area contributed by atoms with Gasteiger partial charge in [-0.1, -0.05) is 90.9 Å². The Bertz CT molecular complexity index is 322. The summed E-state index contributed by atoms with van der Waals surface area (Å²) in [5.74, 6) is 0. The Kier molecular flexibility index (Phi) is 29.7. The van der Waals surface area contributed by atoms with Crippen LogP contribution >= 0.6 is 0 Å². The zero-order valence-electron chi connectivity index (χ0n) is 22.6. The van der Waals surface area contributed by atoms with Crippen LogP contribution in [0.4, 0.5) is 0 Å². The van der Waals surface area contributed by atoms with Gasteiger partial charge in [-0.15, -0.1) is 0 Å². The molecular weight excluding hydrogens is 416 g/mol. The van der Waals surface area contributed by atoms with Gasteiger partial charge in [-0.3, -0.25) is 0 Å². The highest BCUT2D eigenvalue weighted by Gasteiger charge is 2.09. The van der Waals surface area contributed by atoms with E-state index in [-0.39, 0.29) is 6.29 Å². The molecule has 200 valence electrons. The largest absolute Gasteiger partial charge is 0.381 e. The van der Waals surface area contributed by atoms with Crippen LogP contribution in [0.1, 0.15) is 136 Å². The molecule has 0 aromatic heterocycles. The average Bonchev–Trinajstić information content (AvgIpc) is 2.83. The van der Waals surface area contributed by atoms with E-state index in [9.17, 15) is 0 Å². The zero-order chi connectivity index (χ0) is 24.1. The van der Waals surface area contributed by atoms with Crippen molar-refractivity contribution >= 4 is 0 Å². The monoisotopic (exact) mass is 474 g/mol. The molecule has 0 aromatic carbocycles. The SMILES string of the molecule is CCCCCCCCOC(CCCCCCOCCCCOOC)OCCCCCCCC. The maximum atomic E-state index is 6.13. The van der Waals surface area contributed by atoms with Gasteiger partial charge in [0.25, 0.3) is 0 Å². The predicted octanol–water partition coefficient (Wildman–Crippen LogP) is 8.39. The molecule has 0 rings (SSSR count). The van der Waals surface area contributed by atoms with Crippen LogP contribution in [0.25, 0.3) is 0 Å². The molecule has 0 heterocycles. The second kappa shape index (κ2) is 29.8. The van der Waals surface area contributed by atoms with Gasteiger partial charge in [0, 0.05) is 26.4 Å². The van der Waals surface area contributed by atoms with Crippen molar-refractivity contribution in [3.05, 3.63) is 0 Å². The van der Waals surface area contributed by atoms with E-state index >= 15 is 0 Å². The smallest absolute Gasteiger partial charge is 0.157 e. The molecule has 0 radical (unpaired) electrons. The third kappa shape index (κ3) is 27.9. The molecule has 0 aromatic rings. The highest BCUT2D eigenvalue weighted by atomic mass is 17.2. The molecule has 5 heteroatoms. The first-order chi connectivity index (χ1) is 16.3. The lowest BCUT2D eigenvalue weighted by atomic mass is 10.1. The van der Waals surface area contributed by atoms with E-state index in [0.29, 0.717) is 6.61 Å². The van der Waals surface area contributed by atoms with Gasteiger partial charge in [0.05, 0.1) is 13.7 Å². The number of unbranched alkanes of at least 4 members (excludes halogenated alkanes) is 14. The first kappa shape index (κ1) is 32.8. The van der Waals surface area contributed by atoms with E-state index in [1.54, 1.807) is 7.11 Å². The molecule has 5 nitrogen and oxygen atoms in total. The third-order valence-corrected chi connectivity index (χ3v) is 5.97. The molecule has 33 heavy (non-hydrogen) atoms. The van der Waals surface area contributed by atoms with Crippen molar-refractivity contribution in [3.63, 3.8) is 0 Å².